The quantitative estimate of drug-likeness (QED) is 0.687. The highest BCUT2D eigenvalue weighted by atomic mass is 19.4. The fourth-order valence-electron chi connectivity index (χ4n) is 3.31. The number of halogens is 3. The fraction of sp³-hybridized carbons (Fsp3) is 0.263. The van der Waals surface area contributed by atoms with Crippen molar-refractivity contribution < 1.29 is 17.9 Å². The van der Waals surface area contributed by atoms with Crippen LogP contribution in [-0.2, 0) is 6.42 Å². The molecule has 5 nitrogen and oxygen atoms in total. The molecule has 0 atom stereocenters. The molecule has 2 aromatic heterocycles. The topological polar surface area (TPSA) is 53.6 Å². The molecule has 8 heteroatoms. The minimum Gasteiger partial charge on any atom is -0.490 e. The molecule has 3 aromatic rings. The van der Waals surface area contributed by atoms with E-state index >= 15 is 0 Å². The van der Waals surface area contributed by atoms with E-state index in [4.69, 9.17) is 4.74 Å². The van der Waals surface area contributed by atoms with Crippen LogP contribution in [0.1, 0.15) is 11.3 Å². The van der Waals surface area contributed by atoms with Crippen molar-refractivity contribution in [2.24, 2.45) is 0 Å². The standard InChI is InChI=1S/C19H15F3N4O/c1-25-6-7-27-17-8-12(2-3-16(17)25)14-4-5-26-13(9-19(20,21)22)11-24-18(26)15(14)10-23/h2-5,8,11H,6-7,9H2,1H3. The van der Waals surface area contributed by atoms with Gasteiger partial charge in [0.25, 0.3) is 0 Å². The molecule has 0 bridgehead atoms. The molecule has 0 radical (unpaired) electrons. The number of benzene rings is 1. The maximum atomic E-state index is 12.7. The summed E-state index contributed by atoms with van der Waals surface area (Å²) in [6, 6.07) is 9.35. The summed E-state index contributed by atoms with van der Waals surface area (Å²) >= 11 is 0. The Hall–Kier alpha value is -3.21. The van der Waals surface area contributed by atoms with Gasteiger partial charge in [0.1, 0.15) is 24.0 Å². The number of aromatic nitrogens is 2. The number of likely N-dealkylation sites (N-methyl/N-ethyl adjacent to an activating group) is 1. The largest absolute Gasteiger partial charge is 0.490 e. The summed E-state index contributed by atoms with van der Waals surface area (Å²) in [6.45, 7) is 1.36. The number of rotatable bonds is 2. The number of nitriles is 1. The van der Waals surface area contributed by atoms with Crippen molar-refractivity contribution in [2.45, 2.75) is 12.6 Å². The number of fused-ring (bicyclic) bond motifs is 2. The van der Waals surface area contributed by atoms with Crippen LogP contribution in [0.25, 0.3) is 16.8 Å². The van der Waals surface area contributed by atoms with Gasteiger partial charge in [0, 0.05) is 25.0 Å². The lowest BCUT2D eigenvalue weighted by atomic mass is 10.0. The van der Waals surface area contributed by atoms with Crippen molar-refractivity contribution in [2.75, 3.05) is 25.1 Å². The van der Waals surface area contributed by atoms with E-state index in [1.54, 1.807) is 6.07 Å². The maximum absolute atomic E-state index is 12.7. The number of ether oxygens (including phenoxy) is 1. The maximum Gasteiger partial charge on any atom is 0.394 e. The molecule has 0 fully saturated rings. The minimum atomic E-state index is -4.34. The zero-order chi connectivity index (χ0) is 19.2. The monoisotopic (exact) mass is 372 g/mol. The Morgan fingerprint density at radius 1 is 1.30 bits per heavy atom. The minimum absolute atomic E-state index is 0.00375. The fourth-order valence-corrected chi connectivity index (χ4v) is 3.31. The molecule has 138 valence electrons. The molecule has 0 amide bonds. The Morgan fingerprint density at radius 3 is 2.85 bits per heavy atom. The Balaban J connectivity index is 1.83. The van der Waals surface area contributed by atoms with Gasteiger partial charge in [-0.3, -0.25) is 0 Å². The van der Waals surface area contributed by atoms with Gasteiger partial charge in [0.2, 0.25) is 0 Å². The van der Waals surface area contributed by atoms with Crippen LogP contribution < -0.4 is 9.64 Å². The zero-order valence-corrected chi connectivity index (χ0v) is 14.4. The van der Waals surface area contributed by atoms with E-state index < -0.39 is 12.6 Å². The van der Waals surface area contributed by atoms with Gasteiger partial charge < -0.3 is 14.0 Å². The molecule has 0 saturated heterocycles. The molecule has 1 aliphatic rings. The molecular weight excluding hydrogens is 357 g/mol. The molecular formula is C19H15F3N4O. The Morgan fingerprint density at radius 2 is 2.11 bits per heavy atom. The van der Waals surface area contributed by atoms with Crippen LogP contribution in [0.3, 0.4) is 0 Å². The highest BCUT2D eigenvalue weighted by Crippen LogP contribution is 2.36. The van der Waals surface area contributed by atoms with E-state index in [0.29, 0.717) is 17.9 Å². The van der Waals surface area contributed by atoms with Crippen molar-refractivity contribution in [3.8, 4) is 22.9 Å². The second-order valence-corrected chi connectivity index (χ2v) is 6.40. The third-order valence-corrected chi connectivity index (χ3v) is 4.62. The molecule has 27 heavy (non-hydrogen) atoms. The van der Waals surface area contributed by atoms with Gasteiger partial charge in [-0.15, -0.1) is 0 Å². The van der Waals surface area contributed by atoms with Crippen molar-refractivity contribution >= 4 is 11.3 Å². The van der Waals surface area contributed by atoms with Gasteiger partial charge >= 0.3 is 6.18 Å². The number of imidazole rings is 1. The number of alkyl halides is 3. The van der Waals surface area contributed by atoms with Gasteiger partial charge in [-0.2, -0.15) is 18.4 Å². The first kappa shape index (κ1) is 17.2. The lowest BCUT2D eigenvalue weighted by molar-refractivity contribution is -0.127. The number of pyridine rings is 1. The summed E-state index contributed by atoms with van der Waals surface area (Å²) in [5.41, 5.74) is 2.76. The molecule has 1 aliphatic heterocycles. The summed E-state index contributed by atoms with van der Waals surface area (Å²) in [5.74, 6) is 0.714. The summed E-state index contributed by atoms with van der Waals surface area (Å²) in [6.07, 6.45) is -2.76. The molecule has 0 aliphatic carbocycles. The number of hydrogen-bond donors (Lipinski definition) is 0. The average molecular weight is 372 g/mol. The summed E-state index contributed by atoms with van der Waals surface area (Å²) < 4.78 is 45.2. The third kappa shape index (κ3) is 3.05. The average Bonchev–Trinajstić information content (AvgIpc) is 3.02. The van der Waals surface area contributed by atoms with Gasteiger partial charge in [-0.25, -0.2) is 4.98 Å². The van der Waals surface area contributed by atoms with Crippen LogP contribution in [0.2, 0.25) is 0 Å². The second-order valence-electron chi connectivity index (χ2n) is 6.40. The van der Waals surface area contributed by atoms with Gasteiger partial charge in [-0.05, 0) is 23.8 Å². The molecule has 0 unspecified atom stereocenters. The van der Waals surface area contributed by atoms with Gasteiger partial charge in [0.05, 0.1) is 24.3 Å². The Kier molecular flexibility index (Phi) is 3.95. The summed E-state index contributed by atoms with van der Waals surface area (Å²) in [4.78, 5) is 6.14. The van der Waals surface area contributed by atoms with E-state index in [0.717, 1.165) is 17.8 Å². The van der Waals surface area contributed by atoms with Crippen molar-refractivity contribution in [1.82, 2.24) is 9.38 Å². The van der Waals surface area contributed by atoms with Crippen molar-refractivity contribution in [3.05, 3.63) is 47.9 Å². The van der Waals surface area contributed by atoms with Crippen LogP contribution >= 0.6 is 0 Å². The summed E-state index contributed by atoms with van der Waals surface area (Å²) in [5, 5.41) is 9.64. The SMILES string of the molecule is CN1CCOc2cc(-c3ccn4c(CC(F)(F)F)cnc4c3C#N)ccc21. The molecule has 0 saturated carbocycles. The molecule has 0 spiro atoms. The Bertz CT molecular complexity index is 1070. The van der Waals surface area contributed by atoms with E-state index in [-0.39, 0.29) is 16.9 Å². The van der Waals surface area contributed by atoms with Crippen LogP contribution in [-0.4, -0.2) is 35.8 Å². The molecule has 3 heterocycles. The van der Waals surface area contributed by atoms with Crippen LogP contribution in [0.5, 0.6) is 5.75 Å². The third-order valence-electron chi connectivity index (χ3n) is 4.62. The molecule has 0 N–H and O–H groups in total. The van der Waals surface area contributed by atoms with E-state index in [2.05, 4.69) is 16.0 Å². The van der Waals surface area contributed by atoms with Crippen LogP contribution in [0.4, 0.5) is 18.9 Å². The molecule has 4 rings (SSSR count). The first-order valence-electron chi connectivity index (χ1n) is 8.31. The predicted molar refractivity (Wildman–Crippen MR) is 93.9 cm³/mol. The first-order chi connectivity index (χ1) is 12.9. The Labute approximate surface area is 153 Å². The lowest BCUT2D eigenvalue weighted by Crippen LogP contribution is -2.28. The first-order valence-corrected chi connectivity index (χ1v) is 8.31. The number of anilines is 1. The predicted octanol–water partition coefficient (Wildman–Crippen LogP) is 3.81. The van der Waals surface area contributed by atoms with E-state index in [1.807, 2.05) is 25.2 Å². The van der Waals surface area contributed by atoms with Crippen molar-refractivity contribution in [3.63, 3.8) is 0 Å². The van der Waals surface area contributed by atoms with Crippen LogP contribution in [0, 0.1) is 11.3 Å². The van der Waals surface area contributed by atoms with Gasteiger partial charge in [-0.1, -0.05) is 6.07 Å². The van der Waals surface area contributed by atoms with Crippen LogP contribution in [0.15, 0.2) is 36.7 Å². The summed E-state index contributed by atoms with van der Waals surface area (Å²) in [7, 11) is 1.97. The smallest absolute Gasteiger partial charge is 0.394 e. The highest BCUT2D eigenvalue weighted by molar-refractivity contribution is 5.80. The number of nitrogens with zero attached hydrogens (tertiary/aromatic N) is 4. The van der Waals surface area contributed by atoms with E-state index in [9.17, 15) is 18.4 Å². The lowest BCUT2D eigenvalue weighted by Gasteiger charge is -2.28. The van der Waals surface area contributed by atoms with Gasteiger partial charge in [0.15, 0.2) is 5.65 Å². The normalized spacial score (nSPS) is 14.0. The highest BCUT2D eigenvalue weighted by Gasteiger charge is 2.30. The molecule has 1 aromatic carbocycles. The zero-order valence-electron chi connectivity index (χ0n) is 14.4. The van der Waals surface area contributed by atoms with Crippen molar-refractivity contribution in [1.29, 1.82) is 5.26 Å². The number of hydrogen-bond acceptors (Lipinski definition) is 4. The second kappa shape index (κ2) is 6.20. The van der Waals surface area contributed by atoms with E-state index in [1.165, 1.54) is 16.8 Å².